The van der Waals surface area contributed by atoms with Gasteiger partial charge in [-0.05, 0) is 63.1 Å². The van der Waals surface area contributed by atoms with Gasteiger partial charge in [-0.2, -0.15) is 0 Å². The van der Waals surface area contributed by atoms with Crippen molar-refractivity contribution >= 4 is 17.3 Å². The van der Waals surface area contributed by atoms with E-state index in [0.717, 1.165) is 31.7 Å². The number of β-amino-alcohol motifs (C(OH)–C–C–N with tert-alkyl or cyclic N) is 1. The predicted octanol–water partition coefficient (Wildman–Crippen LogP) is 3.14. The number of likely N-dealkylation sites (tertiary alicyclic amines) is 1. The first-order valence-corrected chi connectivity index (χ1v) is 9.67. The predicted molar refractivity (Wildman–Crippen MR) is 112 cm³/mol. The van der Waals surface area contributed by atoms with E-state index in [1.807, 2.05) is 38.1 Å². The molecule has 6 nitrogen and oxygen atoms in total. The SMILES string of the molecule is CC(C)(O)CN1CCC(Oc2ccc(C(=O)Nc3ccccc3N)cc2)CC1. The minimum absolute atomic E-state index is 0.154. The van der Waals surface area contributed by atoms with E-state index >= 15 is 0 Å². The number of nitrogens with one attached hydrogen (secondary N) is 1. The number of benzene rings is 2. The lowest BCUT2D eigenvalue weighted by Gasteiger charge is -2.35. The minimum Gasteiger partial charge on any atom is -0.490 e. The zero-order chi connectivity index (χ0) is 20.1. The molecule has 4 N–H and O–H groups in total. The number of anilines is 2. The van der Waals surface area contributed by atoms with Gasteiger partial charge in [0.2, 0.25) is 0 Å². The summed E-state index contributed by atoms with van der Waals surface area (Å²) in [5, 5.41) is 12.8. The van der Waals surface area contributed by atoms with E-state index in [2.05, 4.69) is 10.2 Å². The van der Waals surface area contributed by atoms with E-state index < -0.39 is 5.60 Å². The second-order valence-electron chi connectivity index (χ2n) is 7.97. The highest BCUT2D eigenvalue weighted by molar-refractivity contribution is 6.05. The Kier molecular flexibility index (Phi) is 6.21. The molecule has 1 amide bonds. The van der Waals surface area contributed by atoms with Crippen LogP contribution in [0.4, 0.5) is 11.4 Å². The van der Waals surface area contributed by atoms with Crippen molar-refractivity contribution in [3.05, 3.63) is 54.1 Å². The van der Waals surface area contributed by atoms with Gasteiger partial charge in [-0.25, -0.2) is 0 Å². The van der Waals surface area contributed by atoms with Crippen molar-refractivity contribution in [2.45, 2.75) is 38.4 Å². The van der Waals surface area contributed by atoms with Crippen molar-refractivity contribution in [3.63, 3.8) is 0 Å². The van der Waals surface area contributed by atoms with Crippen LogP contribution in [0.15, 0.2) is 48.5 Å². The maximum atomic E-state index is 12.4. The maximum Gasteiger partial charge on any atom is 0.255 e. The number of carbonyl (C=O) groups excluding carboxylic acids is 1. The third kappa shape index (κ3) is 5.71. The molecule has 0 atom stereocenters. The van der Waals surface area contributed by atoms with Crippen molar-refractivity contribution < 1.29 is 14.6 Å². The Balaban J connectivity index is 1.51. The normalized spacial score (nSPS) is 16.0. The van der Waals surface area contributed by atoms with Crippen molar-refractivity contribution in [1.29, 1.82) is 0 Å². The molecular weight excluding hydrogens is 354 g/mol. The molecule has 3 rings (SSSR count). The molecule has 1 heterocycles. The first kappa shape index (κ1) is 20.2. The minimum atomic E-state index is -0.672. The molecule has 1 fully saturated rings. The summed E-state index contributed by atoms with van der Waals surface area (Å²) >= 11 is 0. The Morgan fingerprint density at radius 3 is 2.43 bits per heavy atom. The number of hydrogen-bond acceptors (Lipinski definition) is 5. The lowest BCUT2D eigenvalue weighted by molar-refractivity contribution is 0.0140. The zero-order valence-electron chi connectivity index (χ0n) is 16.5. The van der Waals surface area contributed by atoms with Crippen LogP contribution in [0.1, 0.15) is 37.0 Å². The molecule has 1 aliphatic heterocycles. The molecule has 0 unspecified atom stereocenters. The average Bonchev–Trinajstić information content (AvgIpc) is 2.64. The number of nitrogen functional groups attached to an aromatic ring is 1. The third-order valence-electron chi connectivity index (χ3n) is 4.77. The topological polar surface area (TPSA) is 87.8 Å². The highest BCUT2D eigenvalue weighted by Gasteiger charge is 2.24. The highest BCUT2D eigenvalue weighted by atomic mass is 16.5. The van der Waals surface area contributed by atoms with Crippen LogP contribution in [0.2, 0.25) is 0 Å². The van der Waals surface area contributed by atoms with Gasteiger partial charge in [0.05, 0.1) is 17.0 Å². The van der Waals surface area contributed by atoms with E-state index in [-0.39, 0.29) is 12.0 Å². The molecule has 0 bridgehead atoms. The van der Waals surface area contributed by atoms with Gasteiger partial charge < -0.3 is 25.8 Å². The summed E-state index contributed by atoms with van der Waals surface area (Å²) in [5.74, 6) is 0.557. The number of ether oxygens (including phenoxy) is 1. The van der Waals surface area contributed by atoms with Gasteiger partial charge >= 0.3 is 0 Å². The molecule has 2 aromatic rings. The molecule has 6 heteroatoms. The number of piperidine rings is 1. The summed E-state index contributed by atoms with van der Waals surface area (Å²) in [6.07, 6.45) is 2.00. The molecule has 1 saturated heterocycles. The molecule has 0 aromatic heterocycles. The van der Waals surface area contributed by atoms with Gasteiger partial charge in [-0.15, -0.1) is 0 Å². The van der Waals surface area contributed by atoms with Crippen molar-refractivity contribution in [2.75, 3.05) is 30.7 Å². The van der Waals surface area contributed by atoms with E-state index in [1.54, 1.807) is 24.3 Å². The Labute approximate surface area is 166 Å². The van der Waals surface area contributed by atoms with Crippen LogP contribution in [0.5, 0.6) is 5.75 Å². The fraction of sp³-hybridized carbons (Fsp3) is 0.409. The molecule has 28 heavy (non-hydrogen) atoms. The molecule has 1 aliphatic rings. The number of aliphatic hydroxyl groups is 1. The third-order valence-corrected chi connectivity index (χ3v) is 4.77. The summed E-state index contributed by atoms with van der Waals surface area (Å²) < 4.78 is 6.06. The fourth-order valence-corrected chi connectivity index (χ4v) is 3.42. The van der Waals surface area contributed by atoms with Crippen LogP contribution < -0.4 is 15.8 Å². The standard InChI is InChI=1S/C22H29N3O3/c1-22(2,27)15-25-13-11-18(12-14-25)28-17-9-7-16(8-10-17)21(26)24-20-6-4-3-5-19(20)23/h3-10,18,27H,11-15,23H2,1-2H3,(H,24,26). The molecule has 0 saturated carbocycles. The second kappa shape index (κ2) is 8.63. The van der Waals surface area contributed by atoms with E-state index in [4.69, 9.17) is 10.5 Å². The molecular formula is C22H29N3O3. The van der Waals surface area contributed by atoms with Crippen LogP contribution in [0.3, 0.4) is 0 Å². The van der Waals surface area contributed by atoms with Crippen LogP contribution >= 0.6 is 0 Å². The smallest absolute Gasteiger partial charge is 0.255 e. The average molecular weight is 383 g/mol. The van der Waals surface area contributed by atoms with Crippen molar-refractivity contribution in [3.8, 4) is 5.75 Å². The number of para-hydroxylation sites is 2. The van der Waals surface area contributed by atoms with E-state index in [9.17, 15) is 9.90 Å². The summed E-state index contributed by atoms with van der Waals surface area (Å²) in [5.41, 5.74) is 6.88. The molecule has 0 aliphatic carbocycles. The van der Waals surface area contributed by atoms with Crippen LogP contribution in [0.25, 0.3) is 0 Å². The number of carbonyl (C=O) groups is 1. The molecule has 150 valence electrons. The zero-order valence-corrected chi connectivity index (χ0v) is 16.5. The Morgan fingerprint density at radius 2 is 1.82 bits per heavy atom. The number of hydrogen-bond donors (Lipinski definition) is 3. The van der Waals surface area contributed by atoms with Crippen LogP contribution in [-0.2, 0) is 0 Å². The van der Waals surface area contributed by atoms with Crippen LogP contribution in [-0.4, -0.2) is 47.3 Å². The van der Waals surface area contributed by atoms with Gasteiger partial charge in [0.15, 0.2) is 0 Å². The van der Waals surface area contributed by atoms with Gasteiger partial charge in [0.25, 0.3) is 5.91 Å². The largest absolute Gasteiger partial charge is 0.490 e. The number of nitrogens with zero attached hydrogens (tertiary/aromatic N) is 1. The summed E-state index contributed by atoms with van der Waals surface area (Å²) in [6.45, 7) is 6.16. The van der Waals surface area contributed by atoms with Gasteiger partial charge in [-0.1, -0.05) is 12.1 Å². The Morgan fingerprint density at radius 1 is 1.18 bits per heavy atom. The lowest BCUT2D eigenvalue weighted by atomic mass is 10.0. The molecule has 0 radical (unpaired) electrons. The second-order valence-corrected chi connectivity index (χ2v) is 7.97. The number of nitrogens with two attached hydrogens (primary N) is 1. The summed E-state index contributed by atoms with van der Waals surface area (Å²) in [7, 11) is 0. The van der Waals surface area contributed by atoms with Gasteiger partial charge in [0, 0.05) is 25.2 Å². The molecule has 2 aromatic carbocycles. The summed E-state index contributed by atoms with van der Waals surface area (Å²) in [4.78, 5) is 14.7. The lowest BCUT2D eigenvalue weighted by Crippen LogP contribution is -2.45. The fourth-order valence-electron chi connectivity index (χ4n) is 3.42. The van der Waals surface area contributed by atoms with E-state index in [1.165, 1.54) is 0 Å². The highest BCUT2D eigenvalue weighted by Crippen LogP contribution is 2.22. The quantitative estimate of drug-likeness (QED) is 0.667. The van der Waals surface area contributed by atoms with E-state index in [0.29, 0.717) is 23.5 Å². The maximum absolute atomic E-state index is 12.4. The van der Waals surface area contributed by atoms with Crippen LogP contribution in [0, 0.1) is 0 Å². The monoisotopic (exact) mass is 383 g/mol. The van der Waals surface area contributed by atoms with Gasteiger partial charge in [0.1, 0.15) is 11.9 Å². The Bertz CT molecular complexity index is 791. The van der Waals surface area contributed by atoms with Gasteiger partial charge in [-0.3, -0.25) is 4.79 Å². The Hall–Kier alpha value is -2.57. The first-order chi connectivity index (χ1) is 13.3. The summed E-state index contributed by atoms with van der Waals surface area (Å²) in [6, 6.07) is 14.3. The number of amides is 1. The first-order valence-electron chi connectivity index (χ1n) is 9.67. The van der Waals surface area contributed by atoms with Crippen molar-refractivity contribution in [2.24, 2.45) is 0 Å². The number of rotatable bonds is 6. The van der Waals surface area contributed by atoms with Crippen molar-refractivity contribution in [1.82, 2.24) is 4.90 Å². The molecule has 0 spiro atoms.